The second-order valence-electron chi connectivity index (χ2n) is 6.38. The minimum atomic E-state index is -0.293. The van der Waals surface area contributed by atoms with Crippen LogP contribution in [0.3, 0.4) is 0 Å². The number of benzene rings is 2. The summed E-state index contributed by atoms with van der Waals surface area (Å²) in [7, 11) is 0. The minimum Gasteiger partial charge on any atom is -0.477 e. The summed E-state index contributed by atoms with van der Waals surface area (Å²) in [5.41, 5.74) is 0.869. The summed E-state index contributed by atoms with van der Waals surface area (Å²) in [5, 5.41) is 0. The summed E-state index contributed by atoms with van der Waals surface area (Å²) in [6, 6.07) is 14.3. The van der Waals surface area contributed by atoms with E-state index in [1.165, 1.54) is 12.1 Å². The number of halogens is 2. The predicted octanol–water partition coefficient (Wildman–Crippen LogP) is 5.63. The fourth-order valence-corrected chi connectivity index (χ4v) is 2.48. The Hall–Kier alpha value is -1.79. The summed E-state index contributed by atoms with van der Waals surface area (Å²) < 4.78 is 20.0. The summed E-state index contributed by atoms with van der Waals surface area (Å²) in [6.07, 6.45) is 0.289. The number of ether oxygens (including phenoxy) is 1. The number of rotatable bonds is 4. The molecule has 2 aromatic rings. The van der Waals surface area contributed by atoms with E-state index in [-0.39, 0.29) is 17.3 Å². The molecule has 23 heavy (non-hydrogen) atoms. The summed E-state index contributed by atoms with van der Waals surface area (Å²) >= 11 is 3.41. The first-order valence-corrected chi connectivity index (χ1v) is 8.31. The highest BCUT2D eigenvalue weighted by Gasteiger charge is 2.13. The second kappa shape index (κ2) is 7.66. The molecule has 0 aliphatic rings. The van der Waals surface area contributed by atoms with Gasteiger partial charge in [-0.1, -0.05) is 52.0 Å². The molecule has 2 rings (SSSR count). The molecule has 2 aromatic carbocycles. The molecule has 0 aromatic heterocycles. The lowest BCUT2D eigenvalue weighted by Gasteiger charge is -2.16. The Morgan fingerprint density at radius 1 is 1.13 bits per heavy atom. The van der Waals surface area contributed by atoms with Crippen LogP contribution in [-0.4, -0.2) is 6.10 Å². The predicted molar refractivity (Wildman–Crippen MR) is 95.9 cm³/mol. The molecule has 0 amide bonds. The lowest BCUT2D eigenvalue weighted by molar-refractivity contribution is 0.258. The molecule has 0 heterocycles. The zero-order chi connectivity index (χ0) is 16.9. The Labute approximate surface area is 146 Å². The van der Waals surface area contributed by atoms with Crippen molar-refractivity contribution in [2.75, 3.05) is 0 Å². The first kappa shape index (κ1) is 17.6. The van der Waals surface area contributed by atoms with Crippen LogP contribution in [0.5, 0.6) is 5.75 Å². The van der Waals surface area contributed by atoms with Gasteiger partial charge in [-0.2, -0.15) is 0 Å². The highest BCUT2D eigenvalue weighted by molar-refractivity contribution is 9.10. The van der Waals surface area contributed by atoms with Crippen molar-refractivity contribution in [1.29, 1.82) is 0 Å². The van der Waals surface area contributed by atoms with Gasteiger partial charge in [0.1, 0.15) is 11.6 Å². The Morgan fingerprint density at radius 2 is 1.83 bits per heavy atom. The first-order valence-electron chi connectivity index (χ1n) is 7.52. The van der Waals surface area contributed by atoms with Crippen molar-refractivity contribution >= 4 is 15.9 Å². The SMILES string of the molecule is CC(C)(C)C#CC(Cc1ccc(F)cc1Br)Oc1ccccc1. The maximum Gasteiger partial charge on any atom is 0.163 e. The molecule has 0 spiro atoms. The smallest absolute Gasteiger partial charge is 0.163 e. The van der Waals surface area contributed by atoms with E-state index in [4.69, 9.17) is 4.74 Å². The number of para-hydroxylation sites is 1. The molecule has 0 aliphatic heterocycles. The van der Waals surface area contributed by atoms with Gasteiger partial charge in [-0.15, -0.1) is 0 Å². The Morgan fingerprint density at radius 3 is 2.43 bits per heavy atom. The quantitative estimate of drug-likeness (QED) is 0.630. The average Bonchev–Trinajstić information content (AvgIpc) is 2.48. The molecule has 0 aliphatic carbocycles. The average molecular weight is 375 g/mol. The van der Waals surface area contributed by atoms with E-state index < -0.39 is 0 Å². The van der Waals surface area contributed by atoms with Crippen molar-refractivity contribution in [2.45, 2.75) is 33.3 Å². The van der Waals surface area contributed by atoms with Crippen LogP contribution in [0, 0.1) is 23.1 Å². The highest BCUT2D eigenvalue weighted by Crippen LogP contribution is 2.22. The van der Waals surface area contributed by atoms with Gasteiger partial charge in [0, 0.05) is 16.3 Å². The van der Waals surface area contributed by atoms with Gasteiger partial charge < -0.3 is 4.74 Å². The molecule has 3 heteroatoms. The van der Waals surface area contributed by atoms with Gasteiger partial charge in [-0.3, -0.25) is 0 Å². The highest BCUT2D eigenvalue weighted by atomic mass is 79.9. The molecule has 1 nitrogen and oxygen atoms in total. The van der Waals surface area contributed by atoms with E-state index in [0.717, 1.165) is 15.8 Å². The van der Waals surface area contributed by atoms with Gasteiger partial charge in [0.2, 0.25) is 0 Å². The molecule has 1 unspecified atom stereocenters. The van der Waals surface area contributed by atoms with E-state index in [2.05, 4.69) is 48.5 Å². The standard InChI is InChI=1S/C20H20BrFO/c1-20(2,3)12-11-18(23-17-7-5-4-6-8-17)13-15-9-10-16(22)14-19(15)21/h4-10,14,18H,13H2,1-3H3. The number of hydrogen-bond acceptors (Lipinski definition) is 1. The third-order valence-corrected chi connectivity index (χ3v) is 3.79. The second-order valence-corrected chi connectivity index (χ2v) is 7.23. The third-order valence-electron chi connectivity index (χ3n) is 3.05. The topological polar surface area (TPSA) is 9.23 Å². The molecular weight excluding hydrogens is 355 g/mol. The molecular formula is C20H20BrFO. The first-order chi connectivity index (χ1) is 10.8. The molecule has 0 radical (unpaired) electrons. The van der Waals surface area contributed by atoms with Crippen LogP contribution in [0.1, 0.15) is 26.3 Å². The molecule has 0 fully saturated rings. The maximum absolute atomic E-state index is 13.2. The van der Waals surface area contributed by atoms with Crippen molar-refractivity contribution in [3.05, 3.63) is 64.4 Å². The van der Waals surface area contributed by atoms with E-state index in [0.29, 0.717) is 6.42 Å². The van der Waals surface area contributed by atoms with Crippen molar-refractivity contribution in [1.82, 2.24) is 0 Å². The van der Waals surface area contributed by atoms with Crippen LogP contribution < -0.4 is 4.74 Å². The molecule has 0 saturated heterocycles. The molecule has 120 valence electrons. The zero-order valence-corrected chi connectivity index (χ0v) is 15.2. The fourth-order valence-electron chi connectivity index (χ4n) is 1.97. The van der Waals surface area contributed by atoms with Gasteiger partial charge in [0.05, 0.1) is 0 Å². The molecule has 0 N–H and O–H groups in total. The zero-order valence-electron chi connectivity index (χ0n) is 13.6. The van der Waals surface area contributed by atoms with Crippen molar-refractivity contribution in [3.63, 3.8) is 0 Å². The Bertz CT molecular complexity index is 708. The molecule has 0 saturated carbocycles. The van der Waals surface area contributed by atoms with Crippen LogP contribution in [0.25, 0.3) is 0 Å². The number of hydrogen-bond donors (Lipinski definition) is 0. The normalized spacial score (nSPS) is 12.2. The van der Waals surface area contributed by atoms with Gasteiger partial charge >= 0.3 is 0 Å². The lowest BCUT2D eigenvalue weighted by atomic mass is 9.97. The van der Waals surface area contributed by atoms with Gasteiger partial charge in [0.15, 0.2) is 6.10 Å². The van der Waals surface area contributed by atoms with Crippen LogP contribution in [0.2, 0.25) is 0 Å². The van der Waals surface area contributed by atoms with E-state index >= 15 is 0 Å². The van der Waals surface area contributed by atoms with E-state index in [1.54, 1.807) is 6.07 Å². The fraction of sp³-hybridized carbons (Fsp3) is 0.300. The molecule has 0 bridgehead atoms. The minimum absolute atomic E-state index is 0.0989. The van der Waals surface area contributed by atoms with Gasteiger partial charge in [0.25, 0.3) is 0 Å². The van der Waals surface area contributed by atoms with Gasteiger partial charge in [-0.05, 0) is 50.6 Å². The lowest BCUT2D eigenvalue weighted by Crippen LogP contribution is -2.19. The Balaban J connectivity index is 2.23. The van der Waals surface area contributed by atoms with Crippen molar-refractivity contribution < 1.29 is 9.13 Å². The Kier molecular flexibility index (Phi) is 5.85. The summed E-state index contributed by atoms with van der Waals surface area (Å²) in [5.74, 6) is 6.96. The van der Waals surface area contributed by atoms with Crippen LogP contribution in [-0.2, 0) is 6.42 Å². The summed E-state index contributed by atoms with van der Waals surface area (Å²) in [4.78, 5) is 0. The van der Waals surface area contributed by atoms with Crippen LogP contribution >= 0.6 is 15.9 Å². The monoisotopic (exact) mass is 374 g/mol. The van der Waals surface area contributed by atoms with Crippen molar-refractivity contribution in [3.8, 4) is 17.6 Å². The van der Waals surface area contributed by atoms with E-state index in [1.807, 2.05) is 30.3 Å². The van der Waals surface area contributed by atoms with Crippen LogP contribution in [0.15, 0.2) is 53.0 Å². The van der Waals surface area contributed by atoms with Gasteiger partial charge in [-0.25, -0.2) is 4.39 Å². The van der Waals surface area contributed by atoms with E-state index in [9.17, 15) is 4.39 Å². The summed E-state index contributed by atoms with van der Waals surface area (Å²) in [6.45, 7) is 6.19. The maximum atomic E-state index is 13.2. The largest absolute Gasteiger partial charge is 0.477 e. The third kappa shape index (κ3) is 6.08. The molecule has 1 atom stereocenters. The van der Waals surface area contributed by atoms with Crippen molar-refractivity contribution in [2.24, 2.45) is 5.41 Å². The van der Waals surface area contributed by atoms with Crippen LogP contribution in [0.4, 0.5) is 4.39 Å².